The van der Waals surface area contributed by atoms with Gasteiger partial charge in [-0.3, -0.25) is 23.9 Å². The van der Waals surface area contributed by atoms with Crippen LogP contribution in [0.25, 0.3) is 32.9 Å². The number of nitrogens with zero attached hydrogens (tertiary/aromatic N) is 6. The van der Waals surface area contributed by atoms with Gasteiger partial charge in [-0.25, -0.2) is 4.39 Å². The molecule has 0 atom stereocenters. The van der Waals surface area contributed by atoms with Crippen molar-refractivity contribution in [1.29, 1.82) is 0 Å². The zero-order valence-corrected chi connectivity index (χ0v) is 22.7. The first kappa shape index (κ1) is 25.7. The Morgan fingerprint density at radius 3 is 2.62 bits per heavy atom. The number of fused-ring (bicyclic) bond motifs is 2. The van der Waals surface area contributed by atoms with Crippen molar-refractivity contribution in [2.75, 3.05) is 18.4 Å². The van der Waals surface area contributed by atoms with E-state index >= 15 is 4.39 Å². The number of carbonyl (C=O) groups is 2. The Hall–Kier alpha value is -4.60. The third kappa shape index (κ3) is 4.59. The number of aryl methyl sites for hydroxylation is 2. The topological polar surface area (TPSA) is 97.9 Å². The van der Waals surface area contributed by atoms with Crippen molar-refractivity contribution >= 4 is 39.3 Å². The monoisotopic (exact) mass is 539 g/mol. The maximum atomic E-state index is 15.6. The molecule has 0 aliphatic carbocycles. The summed E-state index contributed by atoms with van der Waals surface area (Å²) in [6.07, 6.45) is 6.43. The minimum absolute atomic E-state index is 0.0101. The van der Waals surface area contributed by atoms with Crippen LogP contribution in [0.5, 0.6) is 0 Å². The highest BCUT2D eigenvalue weighted by atomic mass is 19.1. The van der Waals surface area contributed by atoms with E-state index in [1.807, 2.05) is 49.2 Å². The van der Waals surface area contributed by atoms with Crippen LogP contribution >= 0.6 is 0 Å². The minimum Gasteiger partial charge on any atom is -0.343 e. The predicted octanol–water partition coefficient (Wildman–Crippen LogP) is 4.80. The lowest BCUT2D eigenvalue weighted by atomic mass is 9.89. The number of halogens is 1. The second-order valence-corrected chi connectivity index (χ2v) is 10.4. The molecular formula is C30H30FN7O2. The Labute approximate surface area is 230 Å². The maximum absolute atomic E-state index is 15.6. The highest BCUT2D eigenvalue weighted by Crippen LogP contribution is 2.39. The molecule has 1 saturated heterocycles. The summed E-state index contributed by atoms with van der Waals surface area (Å²) in [7, 11) is 1.83. The Kier molecular flexibility index (Phi) is 6.53. The first-order valence-electron chi connectivity index (χ1n) is 13.4. The largest absolute Gasteiger partial charge is 0.343 e. The van der Waals surface area contributed by atoms with E-state index in [1.54, 1.807) is 34.9 Å². The molecule has 9 nitrogen and oxygen atoms in total. The van der Waals surface area contributed by atoms with Gasteiger partial charge in [0.25, 0.3) is 0 Å². The van der Waals surface area contributed by atoms with Gasteiger partial charge in [-0.1, -0.05) is 12.1 Å². The van der Waals surface area contributed by atoms with Gasteiger partial charge in [0.15, 0.2) is 0 Å². The lowest BCUT2D eigenvalue weighted by Crippen LogP contribution is -2.36. The molecule has 1 N–H and O–H groups in total. The number of amides is 2. The number of benzene rings is 2. The van der Waals surface area contributed by atoms with Gasteiger partial charge in [-0.2, -0.15) is 10.2 Å². The van der Waals surface area contributed by atoms with Crippen molar-refractivity contribution < 1.29 is 14.0 Å². The van der Waals surface area contributed by atoms with Crippen LogP contribution in [-0.4, -0.2) is 54.3 Å². The summed E-state index contributed by atoms with van der Waals surface area (Å²) in [5.74, 6) is -0.453. The quantitative estimate of drug-likeness (QED) is 0.346. The van der Waals surface area contributed by atoms with Crippen LogP contribution < -0.4 is 5.32 Å². The Morgan fingerprint density at radius 1 is 1.07 bits per heavy atom. The highest BCUT2D eigenvalue weighted by molar-refractivity contribution is 6.00. The normalized spacial score (nSPS) is 14.2. The van der Waals surface area contributed by atoms with E-state index in [9.17, 15) is 9.59 Å². The van der Waals surface area contributed by atoms with Crippen molar-refractivity contribution in [3.63, 3.8) is 0 Å². The number of nitrogens with one attached hydrogen (secondary N) is 1. The minimum atomic E-state index is -0.345. The molecule has 1 aliphatic rings. The van der Waals surface area contributed by atoms with Crippen molar-refractivity contribution in [2.45, 2.75) is 39.2 Å². The number of likely N-dealkylation sites (tertiary alicyclic amines) is 1. The first-order valence-corrected chi connectivity index (χ1v) is 13.4. The van der Waals surface area contributed by atoms with Crippen molar-refractivity contribution in [3.05, 3.63) is 72.1 Å². The van der Waals surface area contributed by atoms with Gasteiger partial charge in [0.1, 0.15) is 12.4 Å². The number of piperidine rings is 1. The molecule has 2 amide bonds. The Morgan fingerprint density at radius 2 is 1.88 bits per heavy atom. The van der Waals surface area contributed by atoms with Gasteiger partial charge in [-0.05, 0) is 55.2 Å². The summed E-state index contributed by atoms with van der Waals surface area (Å²) >= 11 is 0. The summed E-state index contributed by atoms with van der Waals surface area (Å²) in [5.41, 5.74) is 5.13. The molecule has 1 fully saturated rings. The summed E-state index contributed by atoms with van der Waals surface area (Å²) in [4.78, 5) is 31.0. The van der Waals surface area contributed by atoms with Crippen LogP contribution in [0, 0.1) is 12.7 Å². The average Bonchev–Trinajstić information content (AvgIpc) is 3.49. The fourth-order valence-electron chi connectivity index (χ4n) is 5.66. The van der Waals surface area contributed by atoms with E-state index in [1.165, 1.54) is 6.07 Å². The number of hydrogen-bond acceptors (Lipinski definition) is 5. The van der Waals surface area contributed by atoms with Crippen molar-refractivity contribution in [3.8, 4) is 11.1 Å². The maximum Gasteiger partial charge on any atom is 0.246 e. The number of anilines is 1. The zero-order valence-electron chi connectivity index (χ0n) is 22.7. The molecular weight excluding hydrogens is 509 g/mol. The van der Waals surface area contributed by atoms with Crippen LogP contribution in [0.3, 0.4) is 0 Å². The van der Waals surface area contributed by atoms with Gasteiger partial charge in [0.2, 0.25) is 11.8 Å². The molecule has 0 saturated carbocycles. The number of aromatic nitrogens is 5. The van der Waals surface area contributed by atoms with Gasteiger partial charge in [-0.15, -0.1) is 0 Å². The number of rotatable bonds is 5. The molecule has 4 heterocycles. The average molecular weight is 540 g/mol. The van der Waals surface area contributed by atoms with Crippen LogP contribution in [0.2, 0.25) is 0 Å². The molecule has 3 aromatic heterocycles. The van der Waals surface area contributed by atoms with Crippen LogP contribution in [0.15, 0.2) is 55.0 Å². The number of hydrogen-bond donors (Lipinski definition) is 1. The lowest BCUT2D eigenvalue weighted by Gasteiger charge is -2.30. The molecule has 0 unspecified atom stereocenters. The molecule has 10 heteroatoms. The third-order valence-electron chi connectivity index (χ3n) is 7.86. The summed E-state index contributed by atoms with van der Waals surface area (Å²) < 4.78 is 19.0. The molecule has 1 aliphatic heterocycles. The second kappa shape index (κ2) is 10.2. The van der Waals surface area contributed by atoms with Gasteiger partial charge in [0.05, 0.1) is 34.8 Å². The fraction of sp³-hybridized carbons (Fsp3) is 0.300. The fourth-order valence-corrected chi connectivity index (χ4v) is 5.66. The standard InChI is InChI=1S/C30H30FN7O2/c1-18-7-10-32-16-25(18)34-28(40)17-38-26-6-4-5-22(23-14-27-21(13-24(23)31)15-33-36(27)3)29(26)30(35-38)20-8-11-37(12-9-20)19(2)39/h4-7,10,13-16,20H,8-9,11-12,17H2,1-3H3,(H,34,40). The predicted molar refractivity (Wildman–Crippen MR) is 151 cm³/mol. The van der Waals surface area contributed by atoms with E-state index in [0.717, 1.165) is 51.5 Å². The highest BCUT2D eigenvalue weighted by Gasteiger charge is 2.28. The first-order chi connectivity index (χ1) is 19.3. The molecule has 6 rings (SSSR count). The van der Waals surface area contributed by atoms with E-state index in [4.69, 9.17) is 5.10 Å². The van der Waals surface area contributed by atoms with Gasteiger partial charge >= 0.3 is 0 Å². The van der Waals surface area contributed by atoms with Crippen molar-refractivity contribution in [2.24, 2.45) is 7.05 Å². The van der Waals surface area contributed by atoms with Gasteiger partial charge in [0, 0.05) is 55.5 Å². The molecule has 0 spiro atoms. The summed E-state index contributed by atoms with van der Waals surface area (Å²) in [5, 5.41) is 13.7. The number of carbonyl (C=O) groups excluding carboxylic acids is 2. The SMILES string of the molecule is CC(=O)N1CCC(c2nn(CC(=O)Nc3cnccc3C)c3cccc(-c4cc5c(cnn5C)cc4F)c23)CC1. The van der Waals surface area contributed by atoms with E-state index < -0.39 is 0 Å². The van der Waals surface area contributed by atoms with Crippen LogP contribution in [0.1, 0.15) is 36.9 Å². The molecule has 0 bridgehead atoms. The summed E-state index contributed by atoms with van der Waals surface area (Å²) in [6, 6.07) is 10.9. The van der Waals surface area contributed by atoms with Crippen LogP contribution in [-0.2, 0) is 23.2 Å². The summed E-state index contributed by atoms with van der Waals surface area (Å²) in [6.45, 7) is 4.75. The Balaban J connectivity index is 1.45. The molecule has 204 valence electrons. The lowest BCUT2D eigenvalue weighted by molar-refractivity contribution is -0.129. The smallest absolute Gasteiger partial charge is 0.246 e. The molecule has 40 heavy (non-hydrogen) atoms. The molecule has 5 aromatic rings. The van der Waals surface area contributed by atoms with E-state index in [-0.39, 0.29) is 30.1 Å². The van der Waals surface area contributed by atoms with Crippen molar-refractivity contribution in [1.82, 2.24) is 29.4 Å². The zero-order chi connectivity index (χ0) is 28.0. The Bertz CT molecular complexity index is 1770. The van der Waals surface area contributed by atoms with E-state index in [0.29, 0.717) is 24.3 Å². The second-order valence-electron chi connectivity index (χ2n) is 10.4. The third-order valence-corrected chi connectivity index (χ3v) is 7.86. The van der Waals surface area contributed by atoms with E-state index in [2.05, 4.69) is 15.4 Å². The number of pyridine rings is 1. The molecule has 2 aromatic carbocycles. The van der Waals surface area contributed by atoms with Crippen LogP contribution in [0.4, 0.5) is 10.1 Å². The van der Waals surface area contributed by atoms with Gasteiger partial charge < -0.3 is 10.2 Å². The molecule has 0 radical (unpaired) electrons.